The molecule has 1 rings (SSSR count). The predicted octanol–water partition coefficient (Wildman–Crippen LogP) is 1.73. The summed E-state index contributed by atoms with van der Waals surface area (Å²) >= 11 is 0. The first-order chi connectivity index (χ1) is 8.27. The SMILES string of the molecule is CCCCC(COC)NC(=O)C1CCCNC1.Cl. The van der Waals surface area contributed by atoms with Crippen molar-refractivity contribution in [3.63, 3.8) is 0 Å². The van der Waals surface area contributed by atoms with Crippen molar-refractivity contribution in [2.75, 3.05) is 26.8 Å². The van der Waals surface area contributed by atoms with Crippen LogP contribution in [-0.2, 0) is 9.53 Å². The Balaban J connectivity index is 0.00000289. The van der Waals surface area contributed by atoms with Crippen molar-refractivity contribution >= 4 is 18.3 Å². The number of hydrogen-bond acceptors (Lipinski definition) is 3. The quantitative estimate of drug-likeness (QED) is 0.746. The number of rotatable bonds is 7. The Hall–Kier alpha value is -0.320. The molecule has 0 aliphatic carbocycles. The second-order valence-electron chi connectivity index (χ2n) is 4.85. The van der Waals surface area contributed by atoms with Crippen LogP contribution in [-0.4, -0.2) is 38.8 Å². The van der Waals surface area contributed by atoms with Crippen molar-refractivity contribution < 1.29 is 9.53 Å². The molecule has 5 heteroatoms. The van der Waals surface area contributed by atoms with Gasteiger partial charge in [0.1, 0.15) is 0 Å². The summed E-state index contributed by atoms with van der Waals surface area (Å²) in [7, 11) is 1.69. The van der Waals surface area contributed by atoms with E-state index in [1.54, 1.807) is 7.11 Å². The van der Waals surface area contributed by atoms with Gasteiger partial charge < -0.3 is 15.4 Å². The second kappa shape index (κ2) is 10.6. The molecule has 0 radical (unpaired) electrons. The molecule has 1 fully saturated rings. The highest BCUT2D eigenvalue weighted by atomic mass is 35.5. The molecule has 2 atom stereocenters. The van der Waals surface area contributed by atoms with E-state index in [0.717, 1.165) is 45.2 Å². The zero-order chi connectivity index (χ0) is 12.5. The van der Waals surface area contributed by atoms with E-state index in [4.69, 9.17) is 4.74 Å². The topological polar surface area (TPSA) is 50.4 Å². The van der Waals surface area contributed by atoms with Crippen LogP contribution in [0.25, 0.3) is 0 Å². The molecule has 0 bridgehead atoms. The molecule has 1 amide bonds. The molecule has 18 heavy (non-hydrogen) atoms. The smallest absolute Gasteiger partial charge is 0.224 e. The average Bonchev–Trinajstić information content (AvgIpc) is 2.37. The lowest BCUT2D eigenvalue weighted by Crippen LogP contribution is -2.45. The van der Waals surface area contributed by atoms with Crippen molar-refractivity contribution in [1.29, 1.82) is 0 Å². The first-order valence-electron chi connectivity index (χ1n) is 6.78. The molecule has 0 spiro atoms. The summed E-state index contributed by atoms with van der Waals surface area (Å²) in [6.07, 6.45) is 5.41. The van der Waals surface area contributed by atoms with Gasteiger partial charge in [-0.1, -0.05) is 19.8 Å². The minimum Gasteiger partial charge on any atom is -0.383 e. The third-order valence-electron chi connectivity index (χ3n) is 3.29. The highest BCUT2D eigenvalue weighted by molar-refractivity contribution is 5.85. The van der Waals surface area contributed by atoms with Crippen LogP contribution in [0.15, 0.2) is 0 Å². The summed E-state index contributed by atoms with van der Waals surface area (Å²) < 4.78 is 5.16. The van der Waals surface area contributed by atoms with Crippen LogP contribution < -0.4 is 10.6 Å². The van der Waals surface area contributed by atoms with Gasteiger partial charge in [0, 0.05) is 13.7 Å². The van der Waals surface area contributed by atoms with E-state index in [1.807, 2.05) is 0 Å². The zero-order valence-electron chi connectivity index (χ0n) is 11.5. The first-order valence-corrected chi connectivity index (χ1v) is 6.78. The van der Waals surface area contributed by atoms with Gasteiger partial charge in [-0.15, -0.1) is 12.4 Å². The maximum Gasteiger partial charge on any atom is 0.224 e. The van der Waals surface area contributed by atoms with Gasteiger partial charge in [0.2, 0.25) is 5.91 Å². The van der Waals surface area contributed by atoms with E-state index in [2.05, 4.69) is 17.6 Å². The Morgan fingerprint density at radius 1 is 1.56 bits per heavy atom. The molecule has 1 heterocycles. The lowest BCUT2D eigenvalue weighted by atomic mass is 9.98. The molecule has 2 unspecified atom stereocenters. The van der Waals surface area contributed by atoms with Gasteiger partial charge in [0.05, 0.1) is 18.6 Å². The molecule has 1 aliphatic rings. The standard InChI is InChI=1S/C13H26N2O2.ClH/c1-3-4-7-12(10-17-2)15-13(16)11-6-5-8-14-9-11;/h11-12,14H,3-10H2,1-2H3,(H,15,16);1H. The monoisotopic (exact) mass is 278 g/mol. The fourth-order valence-corrected chi connectivity index (χ4v) is 2.24. The third kappa shape index (κ3) is 6.57. The van der Waals surface area contributed by atoms with Crippen LogP contribution in [0.5, 0.6) is 0 Å². The summed E-state index contributed by atoms with van der Waals surface area (Å²) in [5, 5.41) is 6.39. The fraction of sp³-hybridized carbons (Fsp3) is 0.923. The van der Waals surface area contributed by atoms with E-state index in [9.17, 15) is 4.79 Å². The van der Waals surface area contributed by atoms with Crippen LogP contribution in [0.1, 0.15) is 39.0 Å². The molecule has 1 aliphatic heterocycles. The minimum absolute atomic E-state index is 0. The Morgan fingerprint density at radius 3 is 2.89 bits per heavy atom. The summed E-state index contributed by atoms with van der Waals surface area (Å²) in [6.45, 7) is 4.64. The number of ether oxygens (including phenoxy) is 1. The van der Waals surface area contributed by atoms with Gasteiger partial charge in [0.15, 0.2) is 0 Å². The Morgan fingerprint density at radius 2 is 2.33 bits per heavy atom. The third-order valence-corrected chi connectivity index (χ3v) is 3.29. The lowest BCUT2D eigenvalue weighted by Gasteiger charge is -2.25. The molecule has 108 valence electrons. The normalized spacial score (nSPS) is 20.9. The van der Waals surface area contributed by atoms with Crippen molar-refractivity contribution in [2.45, 2.75) is 45.1 Å². The van der Waals surface area contributed by atoms with Gasteiger partial charge in [-0.25, -0.2) is 0 Å². The Bertz CT molecular complexity index is 221. The lowest BCUT2D eigenvalue weighted by molar-refractivity contribution is -0.126. The molecular weight excluding hydrogens is 252 g/mol. The van der Waals surface area contributed by atoms with Gasteiger partial charge in [-0.3, -0.25) is 4.79 Å². The zero-order valence-corrected chi connectivity index (χ0v) is 12.4. The van der Waals surface area contributed by atoms with E-state index in [-0.39, 0.29) is 30.3 Å². The van der Waals surface area contributed by atoms with Gasteiger partial charge in [0.25, 0.3) is 0 Å². The van der Waals surface area contributed by atoms with E-state index in [0.29, 0.717) is 6.61 Å². The number of carbonyl (C=O) groups is 1. The first kappa shape index (κ1) is 17.7. The molecule has 0 aromatic rings. The fourth-order valence-electron chi connectivity index (χ4n) is 2.24. The molecule has 0 aromatic heterocycles. The number of carbonyl (C=O) groups excluding carboxylic acids is 1. The molecule has 1 saturated heterocycles. The van der Waals surface area contributed by atoms with Crippen molar-refractivity contribution in [3.05, 3.63) is 0 Å². The second-order valence-corrected chi connectivity index (χ2v) is 4.85. The molecule has 2 N–H and O–H groups in total. The van der Waals surface area contributed by atoms with Crippen LogP contribution in [0.3, 0.4) is 0 Å². The maximum atomic E-state index is 12.0. The maximum absolute atomic E-state index is 12.0. The summed E-state index contributed by atoms with van der Waals surface area (Å²) in [4.78, 5) is 12.0. The molecule has 0 saturated carbocycles. The van der Waals surface area contributed by atoms with Crippen molar-refractivity contribution in [2.24, 2.45) is 5.92 Å². The van der Waals surface area contributed by atoms with Crippen molar-refractivity contribution in [3.8, 4) is 0 Å². The summed E-state index contributed by atoms with van der Waals surface area (Å²) in [5.74, 6) is 0.333. The van der Waals surface area contributed by atoms with Crippen LogP contribution in [0.2, 0.25) is 0 Å². The molecule has 4 nitrogen and oxygen atoms in total. The number of nitrogens with one attached hydrogen (secondary N) is 2. The Labute approximate surface area is 117 Å². The van der Waals surface area contributed by atoms with Gasteiger partial charge >= 0.3 is 0 Å². The number of hydrogen-bond donors (Lipinski definition) is 2. The van der Waals surface area contributed by atoms with Crippen LogP contribution in [0, 0.1) is 5.92 Å². The predicted molar refractivity (Wildman–Crippen MR) is 76.2 cm³/mol. The summed E-state index contributed by atoms with van der Waals surface area (Å²) in [5.41, 5.74) is 0. The molecular formula is C13H27ClN2O2. The van der Waals surface area contributed by atoms with Crippen molar-refractivity contribution in [1.82, 2.24) is 10.6 Å². The number of amides is 1. The van der Waals surface area contributed by atoms with Gasteiger partial charge in [-0.2, -0.15) is 0 Å². The minimum atomic E-state index is 0. The molecule has 0 aromatic carbocycles. The number of halogens is 1. The Kier molecular flexibility index (Phi) is 10.4. The van der Waals surface area contributed by atoms with E-state index in [1.165, 1.54) is 0 Å². The average molecular weight is 279 g/mol. The largest absolute Gasteiger partial charge is 0.383 e. The highest BCUT2D eigenvalue weighted by Crippen LogP contribution is 2.11. The van der Waals surface area contributed by atoms with Crippen LogP contribution in [0.4, 0.5) is 0 Å². The number of unbranched alkanes of at least 4 members (excludes halogenated alkanes) is 1. The number of piperidine rings is 1. The van der Waals surface area contributed by atoms with E-state index < -0.39 is 0 Å². The van der Waals surface area contributed by atoms with Gasteiger partial charge in [-0.05, 0) is 25.8 Å². The summed E-state index contributed by atoms with van der Waals surface area (Å²) in [6, 6.07) is 0.175. The van der Waals surface area contributed by atoms with Crippen LogP contribution >= 0.6 is 12.4 Å². The highest BCUT2D eigenvalue weighted by Gasteiger charge is 2.22. The van der Waals surface area contributed by atoms with E-state index >= 15 is 0 Å². The number of methoxy groups -OCH3 is 1.